The SMILES string of the molecule is O=c1nc2n(-c3ccccc3)c3ccccc3nc-2c(=O)n1CCCI. The predicted octanol–water partition coefficient (Wildman–Crippen LogP) is 2.87. The third kappa shape index (κ3) is 2.82. The van der Waals surface area contributed by atoms with Gasteiger partial charge >= 0.3 is 5.69 Å². The zero-order chi connectivity index (χ0) is 18.1. The molecule has 0 unspecified atom stereocenters. The Morgan fingerprint density at radius 1 is 0.923 bits per heavy atom. The van der Waals surface area contributed by atoms with Gasteiger partial charge in [-0.2, -0.15) is 4.98 Å². The number of fused-ring (bicyclic) bond motifs is 2. The molecule has 0 bridgehead atoms. The number of hydrogen-bond acceptors (Lipinski definition) is 4. The van der Waals surface area contributed by atoms with Crippen molar-refractivity contribution >= 4 is 33.6 Å². The van der Waals surface area contributed by atoms with E-state index in [1.54, 1.807) is 0 Å². The number of nitrogens with zero attached hydrogens (tertiary/aromatic N) is 4. The van der Waals surface area contributed by atoms with Gasteiger partial charge in [-0.1, -0.05) is 52.9 Å². The van der Waals surface area contributed by atoms with Crippen LogP contribution in [0.25, 0.3) is 28.2 Å². The highest BCUT2D eigenvalue weighted by atomic mass is 127. The Morgan fingerprint density at radius 3 is 2.42 bits per heavy atom. The average molecular weight is 458 g/mol. The fraction of sp³-hybridized carbons (Fsp3) is 0.158. The molecule has 0 aromatic heterocycles. The van der Waals surface area contributed by atoms with Gasteiger partial charge in [0.25, 0.3) is 5.56 Å². The molecule has 0 aliphatic carbocycles. The fourth-order valence-electron chi connectivity index (χ4n) is 3.00. The lowest BCUT2D eigenvalue weighted by atomic mass is 10.2. The molecule has 0 atom stereocenters. The minimum atomic E-state index is -0.533. The summed E-state index contributed by atoms with van der Waals surface area (Å²) >= 11 is 2.22. The molecule has 7 heteroatoms. The lowest BCUT2D eigenvalue weighted by Gasteiger charge is -2.17. The Balaban J connectivity index is 2.13. The zero-order valence-electron chi connectivity index (χ0n) is 13.8. The van der Waals surface area contributed by atoms with E-state index < -0.39 is 5.69 Å². The Morgan fingerprint density at radius 2 is 1.65 bits per heavy atom. The molecule has 6 nitrogen and oxygen atoms in total. The van der Waals surface area contributed by atoms with Gasteiger partial charge in [-0.25, -0.2) is 9.78 Å². The largest absolute Gasteiger partial charge is 0.352 e. The van der Waals surface area contributed by atoms with E-state index in [1.807, 2.05) is 59.2 Å². The van der Waals surface area contributed by atoms with Gasteiger partial charge in [0.05, 0.1) is 11.0 Å². The highest BCUT2D eigenvalue weighted by Gasteiger charge is 2.21. The van der Waals surface area contributed by atoms with Crippen LogP contribution in [-0.2, 0) is 6.54 Å². The second-order valence-electron chi connectivity index (χ2n) is 5.84. The van der Waals surface area contributed by atoms with Crippen molar-refractivity contribution in [2.75, 3.05) is 4.43 Å². The molecule has 0 N–H and O–H groups in total. The van der Waals surface area contributed by atoms with Crippen LogP contribution < -0.4 is 11.2 Å². The van der Waals surface area contributed by atoms with Crippen LogP contribution in [0.1, 0.15) is 6.42 Å². The number of para-hydroxylation sites is 3. The van der Waals surface area contributed by atoms with Crippen LogP contribution in [-0.4, -0.2) is 23.5 Å². The van der Waals surface area contributed by atoms with Gasteiger partial charge in [0.15, 0.2) is 11.5 Å². The van der Waals surface area contributed by atoms with Gasteiger partial charge in [0.2, 0.25) is 0 Å². The Hall–Kier alpha value is -2.55. The Labute approximate surface area is 162 Å². The monoisotopic (exact) mass is 458 g/mol. The van der Waals surface area contributed by atoms with Gasteiger partial charge < -0.3 is 0 Å². The number of alkyl halides is 1. The lowest BCUT2D eigenvalue weighted by Crippen LogP contribution is -2.38. The molecule has 130 valence electrons. The maximum atomic E-state index is 12.9. The number of benzene rings is 2. The quantitative estimate of drug-likeness (QED) is 0.268. The van der Waals surface area contributed by atoms with Crippen molar-refractivity contribution in [3.05, 3.63) is 75.4 Å². The summed E-state index contributed by atoms with van der Waals surface area (Å²) in [7, 11) is 0. The van der Waals surface area contributed by atoms with Crippen LogP contribution >= 0.6 is 22.6 Å². The summed E-state index contributed by atoms with van der Waals surface area (Å²) in [5.74, 6) is 0.288. The van der Waals surface area contributed by atoms with Crippen molar-refractivity contribution in [2.45, 2.75) is 13.0 Å². The molecule has 0 saturated heterocycles. The normalized spacial score (nSPS) is 11.3. The van der Waals surface area contributed by atoms with E-state index in [4.69, 9.17) is 0 Å². The molecule has 2 aliphatic rings. The van der Waals surface area contributed by atoms with Gasteiger partial charge in [-0.15, -0.1) is 0 Å². The molecule has 26 heavy (non-hydrogen) atoms. The van der Waals surface area contributed by atoms with E-state index in [9.17, 15) is 9.59 Å². The lowest BCUT2D eigenvalue weighted by molar-refractivity contribution is 0.617. The van der Waals surface area contributed by atoms with Crippen molar-refractivity contribution in [3.63, 3.8) is 0 Å². The van der Waals surface area contributed by atoms with E-state index in [1.165, 1.54) is 4.57 Å². The summed E-state index contributed by atoms with van der Waals surface area (Å²) < 4.78 is 3.86. The molecule has 0 fully saturated rings. The van der Waals surface area contributed by atoms with Crippen LogP contribution in [0.2, 0.25) is 0 Å². The Bertz CT molecular complexity index is 1170. The molecule has 0 amide bonds. The molecule has 2 aromatic rings. The van der Waals surface area contributed by atoms with E-state index in [0.29, 0.717) is 12.1 Å². The highest BCUT2D eigenvalue weighted by molar-refractivity contribution is 14.1. The van der Waals surface area contributed by atoms with Crippen LogP contribution in [0.3, 0.4) is 0 Å². The van der Waals surface area contributed by atoms with Crippen molar-refractivity contribution in [1.29, 1.82) is 0 Å². The molecule has 2 heterocycles. The van der Waals surface area contributed by atoms with Gasteiger partial charge in [0.1, 0.15) is 0 Å². The van der Waals surface area contributed by atoms with Crippen LogP contribution in [0.5, 0.6) is 0 Å². The first-order valence-electron chi connectivity index (χ1n) is 8.24. The fourth-order valence-corrected chi connectivity index (χ4v) is 3.34. The minimum absolute atomic E-state index is 0.209. The zero-order valence-corrected chi connectivity index (χ0v) is 16.0. The van der Waals surface area contributed by atoms with Gasteiger partial charge in [-0.3, -0.25) is 13.9 Å². The molecule has 0 spiro atoms. The maximum Gasteiger partial charge on any atom is 0.352 e. The molecule has 0 radical (unpaired) electrons. The molecular weight excluding hydrogens is 443 g/mol. The summed E-state index contributed by atoms with van der Waals surface area (Å²) in [6.45, 7) is 0.351. The topological polar surface area (TPSA) is 69.8 Å². The number of hydrogen-bond donors (Lipinski definition) is 0. The summed E-state index contributed by atoms with van der Waals surface area (Å²) in [6.07, 6.45) is 0.731. The van der Waals surface area contributed by atoms with Crippen LogP contribution in [0.4, 0.5) is 0 Å². The van der Waals surface area contributed by atoms with Crippen molar-refractivity contribution in [3.8, 4) is 17.2 Å². The van der Waals surface area contributed by atoms with Gasteiger partial charge in [-0.05, 0) is 30.7 Å². The van der Waals surface area contributed by atoms with E-state index in [0.717, 1.165) is 22.1 Å². The summed E-state index contributed by atoms with van der Waals surface area (Å²) in [5.41, 5.74) is 1.59. The predicted molar refractivity (Wildman–Crippen MR) is 110 cm³/mol. The van der Waals surface area contributed by atoms with Crippen molar-refractivity contribution in [1.82, 2.24) is 19.1 Å². The summed E-state index contributed by atoms with van der Waals surface area (Å²) in [5, 5.41) is 0. The minimum Gasteiger partial charge on any atom is -0.291 e. The molecule has 2 aliphatic heterocycles. The summed E-state index contributed by atoms with van der Waals surface area (Å²) in [4.78, 5) is 34.2. The average Bonchev–Trinajstić information content (AvgIpc) is 2.67. The second-order valence-corrected chi connectivity index (χ2v) is 6.92. The molecule has 0 saturated carbocycles. The third-order valence-electron chi connectivity index (χ3n) is 4.19. The van der Waals surface area contributed by atoms with Gasteiger partial charge in [0, 0.05) is 16.7 Å². The highest BCUT2D eigenvalue weighted by Crippen LogP contribution is 2.24. The van der Waals surface area contributed by atoms with E-state index in [2.05, 4.69) is 32.6 Å². The number of aromatic nitrogens is 4. The van der Waals surface area contributed by atoms with Crippen molar-refractivity contribution < 1.29 is 0 Å². The number of rotatable bonds is 4. The number of halogens is 1. The van der Waals surface area contributed by atoms with Crippen LogP contribution in [0, 0.1) is 0 Å². The smallest absolute Gasteiger partial charge is 0.291 e. The first-order valence-corrected chi connectivity index (χ1v) is 9.77. The molecule has 2 aromatic carbocycles. The van der Waals surface area contributed by atoms with Crippen molar-refractivity contribution in [2.24, 2.45) is 0 Å². The summed E-state index contributed by atoms with van der Waals surface area (Å²) in [6, 6.07) is 17.1. The molecule has 4 rings (SSSR count). The second kappa shape index (κ2) is 6.99. The van der Waals surface area contributed by atoms with Crippen LogP contribution in [0.15, 0.2) is 64.2 Å². The first kappa shape index (κ1) is 16.9. The van der Waals surface area contributed by atoms with E-state index >= 15 is 0 Å². The molecular formula is C19H15IN4O2. The maximum absolute atomic E-state index is 12.9. The standard InChI is InChI=1S/C19H15IN4O2/c20-11-6-12-23-18(25)16-17(22-19(23)26)24(13-7-2-1-3-8-13)15-10-5-4-9-14(15)21-16/h1-5,7-10H,6,11-12H2. The first-order chi connectivity index (χ1) is 12.7. The third-order valence-corrected chi connectivity index (χ3v) is 4.95. The van der Waals surface area contributed by atoms with E-state index in [-0.39, 0.29) is 17.1 Å². The Kier molecular flexibility index (Phi) is 4.54.